The summed E-state index contributed by atoms with van der Waals surface area (Å²) in [5, 5.41) is 3.43. The summed E-state index contributed by atoms with van der Waals surface area (Å²) in [6, 6.07) is 0.562. The van der Waals surface area contributed by atoms with Crippen LogP contribution in [0.3, 0.4) is 0 Å². The molecule has 0 saturated carbocycles. The normalized spacial score (nSPS) is 35.0. The van der Waals surface area contributed by atoms with Gasteiger partial charge in [-0.3, -0.25) is 10.1 Å². The fourth-order valence-corrected chi connectivity index (χ4v) is 3.87. The SMILES string of the molecule is CCCCC1NC(C)N(C2CCSC2)C1=O. The van der Waals surface area contributed by atoms with Crippen molar-refractivity contribution in [2.24, 2.45) is 0 Å². The molecule has 2 aliphatic rings. The highest BCUT2D eigenvalue weighted by Crippen LogP contribution is 2.27. The zero-order valence-electron chi connectivity index (χ0n) is 10.2. The Kier molecular flexibility index (Phi) is 4.14. The molecule has 1 amide bonds. The standard InChI is InChI=1S/C12H22N2OS/c1-3-4-5-11-12(15)14(9(2)13-11)10-6-7-16-8-10/h9-11,13H,3-8H2,1-2H3. The van der Waals surface area contributed by atoms with E-state index in [2.05, 4.69) is 24.1 Å². The van der Waals surface area contributed by atoms with Crippen LogP contribution in [0.15, 0.2) is 0 Å². The molecule has 2 fully saturated rings. The van der Waals surface area contributed by atoms with Crippen LogP contribution in [0.4, 0.5) is 0 Å². The van der Waals surface area contributed by atoms with Crippen LogP contribution in [-0.2, 0) is 4.79 Å². The van der Waals surface area contributed by atoms with Crippen molar-refractivity contribution in [3.8, 4) is 0 Å². The van der Waals surface area contributed by atoms with Crippen LogP contribution in [0, 0.1) is 0 Å². The van der Waals surface area contributed by atoms with Crippen molar-refractivity contribution in [1.29, 1.82) is 0 Å². The number of rotatable bonds is 4. The van der Waals surface area contributed by atoms with Gasteiger partial charge in [-0.15, -0.1) is 0 Å². The van der Waals surface area contributed by atoms with Crippen LogP contribution in [0.2, 0.25) is 0 Å². The highest BCUT2D eigenvalue weighted by molar-refractivity contribution is 7.99. The molecule has 3 unspecified atom stereocenters. The van der Waals surface area contributed by atoms with Crippen molar-refractivity contribution in [1.82, 2.24) is 10.2 Å². The van der Waals surface area contributed by atoms with Gasteiger partial charge in [0.25, 0.3) is 0 Å². The summed E-state index contributed by atoms with van der Waals surface area (Å²) >= 11 is 1.97. The molecule has 2 heterocycles. The summed E-state index contributed by atoms with van der Waals surface area (Å²) < 4.78 is 0. The van der Waals surface area contributed by atoms with Crippen molar-refractivity contribution in [2.75, 3.05) is 11.5 Å². The monoisotopic (exact) mass is 242 g/mol. The number of nitrogens with one attached hydrogen (secondary N) is 1. The zero-order valence-corrected chi connectivity index (χ0v) is 11.1. The lowest BCUT2D eigenvalue weighted by Crippen LogP contribution is -2.43. The average molecular weight is 242 g/mol. The van der Waals surface area contributed by atoms with Crippen molar-refractivity contribution in [3.05, 3.63) is 0 Å². The number of unbranched alkanes of at least 4 members (excludes halogenated alkanes) is 1. The number of amides is 1. The predicted octanol–water partition coefficient (Wildman–Crippen LogP) is 1.83. The second-order valence-corrected chi connectivity index (χ2v) is 5.95. The molecule has 0 aromatic rings. The van der Waals surface area contributed by atoms with E-state index in [-0.39, 0.29) is 12.2 Å². The summed E-state index contributed by atoms with van der Waals surface area (Å²) in [5.74, 6) is 2.67. The Balaban J connectivity index is 1.95. The molecule has 0 aromatic carbocycles. The molecule has 0 aromatic heterocycles. The Morgan fingerprint density at radius 3 is 3.00 bits per heavy atom. The van der Waals surface area contributed by atoms with Gasteiger partial charge in [0.05, 0.1) is 12.2 Å². The second-order valence-electron chi connectivity index (χ2n) is 4.80. The summed E-state index contributed by atoms with van der Waals surface area (Å²) in [6.07, 6.45) is 4.71. The molecule has 2 aliphatic heterocycles. The van der Waals surface area contributed by atoms with Crippen molar-refractivity contribution < 1.29 is 4.79 Å². The molecule has 0 bridgehead atoms. The van der Waals surface area contributed by atoms with Gasteiger partial charge in [0.1, 0.15) is 0 Å². The third-order valence-electron chi connectivity index (χ3n) is 3.56. The quantitative estimate of drug-likeness (QED) is 0.816. The number of carbonyl (C=O) groups excluding carboxylic acids is 1. The van der Waals surface area contributed by atoms with E-state index in [1.807, 2.05) is 11.8 Å². The Hall–Kier alpha value is -0.220. The molecule has 3 nitrogen and oxygen atoms in total. The van der Waals surface area contributed by atoms with Gasteiger partial charge in [0.15, 0.2) is 0 Å². The highest BCUT2D eigenvalue weighted by Gasteiger charge is 2.40. The number of nitrogens with zero attached hydrogens (tertiary/aromatic N) is 1. The van der Waals surface area contributed by atoms with Gasteiger partial charge < -0.3 is 4.90 Å². The Morgan fingerprint density at radius 2 is 2.38 bits per heavy atom. The van der Waals surface area contributed by atoms with E-state index >= 15 is 0 Å². The molecule has 3 atom stereocenters. The van der Waals surface area contributed by atoms with Gasteiger partial charge in [-0.2, -0.15) is 11.8 Å². The van der Waals surface area contributed by atoms with E-state index < -0.39 is 0 Å². The lowest BCUT2D eigenvalue weighted by atomic mass is 10.1. The predicted molar refractivity (Wildman–Crippen MR) is 68.5 cm³/mol. The fourth-order valence-electron chi connectivity index (χ4n) is 2.67. The first-order valence-electron chi connectivity index (χ1n) is 6.40. The molecular formula is C12H22N2OS. The summed E-state index contributed by atoms with van der Waals surface area (Å²) in [7, 11) is 0. The number of hydrogen-bond acceptors (Lipinski definition) is 3. The minimum Gasteiger partial charge on any atom is -0.322 e. The number of hydrogen-bond donors (Lipinski definition) is 1. The average Bonchev–Trinajstić information content (AvgIpc) is 2.85. The maximum atomic E-state index is 12.3. The van der Waals surface area contributed by atoms with Gasteiger partial charge in [-0.1, -0.05) is 19.8 Å². The third kappa shape index (κ3) is 2.38. The van der Waals surface area contributed by atoms with Crippen molar-refractivity contribution >= 4 is 17.7 Å². The molecule has 2 saturated heterocycles. The van der Waals surface area contributed by atoms with Gasteiger partial charge in [-0.25, -0.2) is 0 Å². The molecule has 92 valence electrons. The molecule has 0 spiro atoms. The summed E-state index contributed by atoms with van der Waals surface area (Å²) in [5.41, 5.74) is 0. The smallest absolute Gasteiger partial charge is 0.241 e. The molecule has 1 N–H and O–H groups in total. The maximum absolute atomic E-state index is 12.3. The van der Waals surface area contributed by atoms with Crippen LogP contribution in [0.1, 0.15) is 39.5 Å². The van der Waals surface area contributed by atoms with E-state index in [4.69, 9.17) is 0 Å². The van der Waals surface area contributed by atoms with Crippen LogP contribution in [-0.4, -0.2) is 40.6 Å². The van der Waals surface area contributed by atoms with Crippen molar-refractivity contribution in [2.45, 2.75) is 57.8 Å². The molecule has 0 radical (unpaired) electrons. The summed E-state index contributed by atoms with van der Waals surface area (Å²) in [4.78, 5) is 14.4. The minimum absolute atomic E-state index is 0.0838. The molecule has 2 rings (SSSR count). The van der Waals surface area contributed by atoms with Crippen LogP contribution >= 0.6 is 11.8 Å². The molecule has 4 heteroatoms. The Labute approximate surface area is 102 Å². The highest BCUT2D eigenvalue weighted by atomic mass is 32.2. The number of thioether (sulfide) groups is 1. The largest absolute Gasteiger partial charge is 0.322 e. The fraction of sp³-hybridized carbons (Fsp3) is 0.917. The van der Waals surface area contributed by atoms with Gasteiger partial charge >= 0.3 is 0 Å². The van der Waals surface area contributed by atoms with Crippen LogP contribution < -0.4 is 5.32 Å². The lowest BCUT2D eigenvalue weighted by molar-refractivity contribution is -0.131. The van der Waals surface area contributed by atoms with E-state index in [0.29, 0.717) is 11.9 Å². The Morgan fingerprint density at radius 1 is 1.56 bits per heavy atom. The lowest BCUT2D eigenvalue weighted by Gasteiger charge is -2.27. The van der Waals surface area contributed by atoms with Gasteiger partial charge in [0.2, 0.25) is 5.91 Å². The molecule has 16 heavy (non-hydrogen) atoms. The van der Waals surface area contributed by atoms with Gasteiger partial charge in [-0.05, 0) is 25.5 Å². The maximum Gasteiger partial charge on any atom is 0.241 e. The third-order valence-corrected chi connectivity index (χ3v) is 4.70. The minimum atomic E-state index is 0.0838. The van der Waals surface area contributed by atoms with Crippen LogP contribution in [0.25, 0.3) is 0 Å². The summed E-state index contributed by atoms with van der Waals surface area (Å²) in [6.45, 7) is 4.29. The van der Waals surface area contributed by atoms with Gasteiger partial charge in [0, 0.05) is 11.8 Å². The first-order chi connectivity index (χ1) is 7.74. The van der Waals surface area contributed by atoms with E-state index in [1.54, 1.807) is 0 Å². The topological polar surface area (TPSA) is 32.3 Å². The van der Waals surface area contributed by atoms with E-state index in [9.17, 15) is 4.79 Å². The first kappa shape index (κ1) is 12.2. The molecule has 0 aliphatic carbocycles. The zero-order chi connectivity index (χ0) is 11.5. The Bertz CT molecular complexity index is 253. The second kappa shape index (κ2) is 5.41. The van der Waals surface area contributed by atoms with Crippen molar-refractivity contribution in [3.63, 3.8) is 0 Å². The van der Waals surface area contributed by atoms with E-state index in [1.165, 1.54) is 18.6 Å². The van der Waals surface area contributed by atoms with Crippen LogP contribution in [0.5, 0.6) is 0 Å². The number of carbonyl (C=O) groups is 1. The molecular weight excluding hydrogens is 220 g/mol. The first-order valence-corrected chi connectivity index (χ1v) is 7.55. The van der Waals surface area contributed by atoms with E-state index in [0.717, 1.165) is 18.6 Å².